The molecule has 0 saturated carbocycles. The first-order chi connectivity index (χ1) is 11.6. The second-order valence-corrected chi connectivity index (χ2v) is 10.3. The third-order valence-corrected chi connectivity index (χ3v) is 6.88. The van der Waals surface area contributed by atoms with E-state index in [0.717, 1.165) is 39.0 Å². The van der Waals surface area contributed by atoms with Crippen molar-refractivity contribution in [3.05, 3.63) is 0 Å². The number of aliphatic imine (C=N–C) groups is 1. The molecule has 0 aliphatic rings. The SMILES string of the molecule is CCNC(=NCCS(=O)(=O)C(C)(C)C)NC(C)CCCN(CC)CC.I. The van der Waals surface area contributed by atoms with Gasteiger partial charge in [0.2, 0.25) is 0 Å². The van der Waals surface area contributed by atoms with Crippen LogP contribution in [0.25, 0.3) is 0 Å². The van der Waals surface area contributed by atoms with Crippen molar-refractivity contribution in [3.63, 3.8) is 0 Å². The van der Waals surface area contributed by atoms with Gasteiger partial charge in [0.25, 0.3) is 0 Å². The van der Waals surface area contributed by atoms with Crippen molar-refractivity contribution in [1.29, 1.82) is 0 Å². The molecule has 0 heterocycles. The summed E-state index contributed by atoms with van der Waals surface area (Å²) in [6.07, 6.45) is 2.19. The molecule has 2 N–H and O–H groups in total. The minimum absolute atomic E-state index is 0. The van der Waals surface area contributed by atoms with Gasteiger partial charge in [-0.15, -0.1) is 24.0 Å². The largest absolute Gasteiger partial charge is 0.357 e. The molecule has 0 amide bonds. The molecule has 0 bridgehead atoms. The average molecular weight is 505 g/mol. The Morgan fingerprint density at radius 1 is 1.15 bits per heavy atom. The van der Waals surface area contributed by atoms with Gasteiger partial charge >= 0.3 is 0 Å². The van der Waals surface area contributed by atoms with Gasteiger partial charge in [-0.2, -0.15) is 0 Å². The van der Waals surface area contributed by atoms with E-state index in [1.807, 2.05) is 6.92 Å². The second-order valence-electron chi connectivity index (χ2n) is 7.41. The molecule has 0 aliphatic carbocycles. The second kappa shape index (κ2) is 14.0. The van der Waals surface area contributed by atoms with Crippen LogP contribution in [0.15, 0.2) is 4.99 Å². The van der Waals surface area contributed by atoms with Crippen LogP contribution in [0.3, 0.4) is 0 Å². The summed E-state index contributed by atoms with van der Waals surface area (Å²) in [4.78, 5) is 6.85. The number of nitrogens with one attached hydrogen (secondary N) is 2. The van der Waals surface area contributed by atoms with Crippen molar-refractivity contribution in [1.82, 2.24) is 15.5 Å². The standard InChI is InChI=1S/C18H40N4O2S.HI/c1-8-19-17(20-13-15-25(23,24)18(5,6)7)21-16(4)12-11-14-22(9-2)10-3;/h16H,8-15H2,1-7H3,(H2,19,20,21);1H. The van der Waals surface area contributed by atoms with Gasteiger partial charge < -0.3 is 15.5 Å². The van der Waals surface area contributed by atoms with E-state index in [9.17, 15) is 8.42 Å². The van der Waals surface area contributed by atoms with Crippen LogP contribution in [-0.2, 0) is 9.84 Å². The Morgan fingerprint density at radius 3 is 2.19 bits per heavy atom. The lowest BCUT2D eigenvalue weighted by molar-refractivity contribution is 0.292. The third-order valence-electron chi connectivity index (χ3n) is 4.30. The van der Waals surface area contributed by atoms with Gasteiger partial charge in [-0.25, -0.2) is 8.42 Å². The lowest BCUT2D eigenvalue weighted by Gasteiger charge is -2.21. The van der Waals surface area contributed by atoms with Crippen molar-refractivity contribution in [2.45, 2.75) is 72.1 Å². The predicted molar refractivity (Wildman–Crippen MR) is 125 cm³/mol. The lowest BCUT2D eigenvalue weighted by Crippen LogP contribution is -2.43. The highest BCUT2D eigenvalue weighted by molar-refractivity contribution is 14.0. The molecule has 0 aromatic rings. The van der Waals surface area contributed by atoms with E-state index in [4.69, 9.17) is 0 Å². The van der Waals surface area contributed by atoms with Crippen molar-refractivity contribution in [3.8, 4) is 0 Å². The van der Waals surface area contributed by atoms with E-state index in [0.29, 0.717) is 12.0 Å². The zero-order chi connectivity index (χ0) is 19.5. The highest BCUT2D eigenvalue weighted by atomic mass is 127. The number of hydrogen-bond acceptors (Lipinski definition) is 4. The number of hydrogen-bond donors (Lipinski definition) is 2. The van der Waals surface area contributed by atoms with Crippen LogP contribution in [0.5, 0.6) is 0 Å². The number of halogens is 1. The molecular formula is C18H41IN4O2S. The number of rotatable bonds is 11. The van der Waals surface area contributed by atoms with Crippen LogP contribution in [0, 0.1) is 0 Å². The summed E-state index contributed by atoms with van der Waals surface area (Å²) in [5.41, 5.74) is 0. The van der Waals surface area contributed by atoms with E-state index in [1.54, 1.807) is 20.8 Å². The summed E-state index contributed by atoms with van der Waals surface area (Å²) >= 11 is 0. The summed E-state index contributed by atoms with van der Waals surface area (Å²) in [6, 6.07) is 0.299. The van der Waals surface area contributed by atoms with Crippen LogP contribution in [-0.4, -0.2) is 68.5 Å². The maximum Gasteiger partial charge on any atom is 0.191 e. The Hall–Kier alpha value is -0.0900. The van der Waals surface area contributed by atoms with Crippen LogP contribution >= 0.6 is 24.0 Å². The minimum atomic E-state index is -3.13. The molecule has 0 saturated heterocycles. The molecule has 6 nitrogen and oxygen atoms in total. The maximum atomic E-state index is 12.2. The first-order valence-corrected chi connectivity index (χ1v) is 11.2. The van der Waals surface area contributed by atoms with Gasteiger partial charge in [0, 0.05) is 12.6 Å². The summed E-state index contributed by atoms with van der Waals surface area (Å²) in [5, 5.41) is 6.57. The fourth-order valence-corrected chi connectivity index (χ4v) is 3.31. The predicted octanol–water partition coefficient (Wildman–Crippen LogP) is 2.88. The normalized spacial score (nSPS) is 14.1. The molecule has 0 aromatic carbocycles. The maximum absolute atomic E-state index is 12.2. The first kappa shape index (κ1) is 28.1. The van der Waals surface area contributed by atoms with Crippen molar-refractivity contribution < 1.29 is 8.42 Å². The molecule has 0 spiro atoms. The summed E-state index contributed by atoms with van der Waals surface area (Å²) < 4.78 is 23.6. The van der Waals surface area contributed by atoms with Crippen LogP contribution in [0.4, 0.5) is 0 Å². The Morgan fingerprint density at radius 2 is 1.73 bits per heavy atom. The molecule has 8 heteroatoms. The fraction of sp³-hybridized carbons (Fsp3) is 0.944. The minimum Gasteiger partial charge on any atom is -0.357 e. The van der Waals surface area contributed by atoms with Gasteiger partial charge in [0.1, 0.15) is 0 Å². The summed E-state index contributed by atoms with van der Waals surface area (Å²) in [5.74, 6) is 0.769. The molecule has 158 valence electrons. The van der Waals surface area contributed by atoms with Crippen molar-refractivity contribution >= 4 is 39.8 Å². The van der Waals surface area contributed by atoms with Crippen LogP contribution in [0.2, 0.25) is 0 Å². The van der Waals surface area contributed by atoms with Crippen molar-refractivity contribution in [2.24, 2.45) is 4.99 Å². The quantitative estimate of drug-likeness (QED) is 0.257. The van der Waals surface area contributed by atoms with E-state index in [-0.39, 0.29) is 36.3 Å². The van der Waals surface area contributed by atoms with Crippen LogP contribution < -0.4 is 10.6 Å². The molecule has 0 aliphatic heterocycles. The molecule has 1 atom stereocenters. The molecule has 0 aromatic heterocycles. The van der Waals surface area contributed by atoms with Gasteiger partial charge in [-0.1, -0.05) is 13.8 Å². The number of nitrogens with zero attached hydrogens (tertiary/aromatic N) is 2. The van der Waals surface area contributed by atoms with E-state index in [1.165, 1.54) is 0 Å². The van der Waals surface area contributed by atoms with E-state index < -0.39 is 14.6 Å². The number of guanidine groups is 1. The van der Waals surface area contributed by atoms with E-state index in [2.05, 4.69) is 41.3 Å². The monoisotopic (exact) mass is 504 g/mol. The zero-order valence-electron chi connectivity index (χ0n) is 17.8. The highest BCUT2D eigenvalue weighted by Crippen LogP contribution is 2.15. The smallest absolute Gasteiger partial charge is 0.191 e. The third kappa shape index (κ3) is 11.6. The molecular weight excluding hydrogens is 463 g/mol. The number of sulfone groups is 1. The van der Waals surface area contributed by atoms with Gasteiger partial charge in [0.15, 0.2) is 15.8 Å². The van der Waals surface area contributed by atoms with Crippen molar-refractivity contribution in [2.75, 3.05) is 38.5 Å². The Kier molecular flexibility index (Phi) is 15.1. The fourth-order valence-electron chi connectivity index (χ4n) is 2.37. The topological polar surface area (TPSA) is 73.8 Å². The lowest BCUT2D eigenvalue weighted by atomic mass is 10.2. The summed E-state index contributed by atoms with van der Waals surface area (Å²) in [7, 11) is -3.13. The van der Waals surface area contributed by atoms with Gasteiger partial charge in [-0.05, 0) is 67.1 Å². The Labute approximate surface area is 178 Å². The molecule has 0 rings (SSSR count). The molecule has 26 heavy (non-hydrogen) atoms. The molecule has 0 fully saturated rings. The molecule has 1 unspecified atom stereocenters. The first-order valence-electron chi connectivity index (χ1n) is 9.56. The zero-order valence-corrected chi connectivity index (χ0v) is 20.9. The van der Waals surface area contributed by atoms with E-state index >= 15 is 0 Å². The average Bonchev–Trinajstić information content (AvgIpc) is 2.50. The summed E-state index contributed by atoms with van der Waals surface area (Å²) in [6.45, 7) is 18.0. The van der Waals surface area contributed by atoms with Gasteiger partial charge in [-0.3, -0.25) is 4.99 Å². The van der Waals surface area contributed by atoms with Crippen LogP contribution in [0.1, 0.15) is 61.3 Å². The molecule has 0 radical (unpaired) electrons. The Balaban J connectivity index is 0. The Bertz CT molecular complexity index is 486. The van der Waals surface area contributed by atoms with Gasteiger partial charge in [0.05, 0.1) is 17.0 Å². The highest BCUT2D eigenvalue weighted by Gasteiger charge is 2.28.